The third kappa shape index (κ3) is 21.0. The van der Waals surface area contributed by atoms with Crippen LogP contribution in [0, 0.1) is 0 Å². The maximum atomic E-state index is 4.92. The molecule has 0 saturated carbocycles. The highest BCUT2D eigenvalue weighted by Crippen LogP contribution is 1.41. The molecule has 4 heavy (non-hydrogen) atoms. The van der Waals surface area contributed by atoms with Gasteiger partial charge in [-0.2, -0.15) is 11.1 Å². The average Bonchev–Trinajstić information content (AvgIpc) is 0.918. The molecule has 0 aromatic carbocycles. The van der Waals surface area contributed by atoms with E-state index < -0.39 is 8.99 Å². The van der Waals surface area contributed by atoms with E-state index in [1.165, 1.54) is 0 Å². The lowest BCUT2D eigenvalue weighted by molar-refractivity contribution is 1.98. The molecule has 0 rings (SSSR count). The van der Waals surface area contributed by atoms with Crippen LogP contribution in [0.1, 0.15) is 0 Å². The molecule has 0 unspecified atom stereocenters. The lowest BCUT2D eigenvalue weighted by atomic mass is 10.8. The lowest BCUT2D eigenvalue weighted by Gasteiger charge is -1.46. The molecule has 4 heteroatoms. The van der Waals surface area contributed by atoms with Crippen molar-refractivity contribution in [1.82, 2.24) is 0 Å². The van der Waals surface area contributed by atoms with E-state index in [-0.39, 0.29) is 8.41 Å². The molecule has 0 heterocycles. The van der Waals surface area contributed by atoms with E-state index in [1.54, 1.807) is 0 Å². The minimum Gasteiger partial charge on any atom is -0.344 e. The van der Waals surface area contributed by atoms with Crippen LogP contribution in [0.2, 0.25) is 0 Å². The monoisotopic (exact) mass is 92.0 g/mol. The molecule has 3 radical (unpaired) electrons. The van der Waals surface area contributed by atoms with Crippen molar-refractivity contribution in [3.05, 3.63) is 0 Å². The zero-order chi connectivity index (χ0) is 2.71. The first-order chi connectivity index (χ1) is 1.41. The Morgan fingerprint density at radius 1 is 1.75 bits per heavy atom. The summed E-state index contributed by atoms with van der Waals surface area (Å²) in [5.41, 5.74) is 0. The molecule has 1 nitrogen and oxygen atoms in total. The minimum atomic E-state index is -0.611. The first kappa shape index (κ1) is 8.82. The maximum absolute atomic E-state index is 4.92. The molecular formula is H4BClNSi. The Bertz CT molecular complexity index is 8.00. The van der Waals surface area contributed by atoms with Crippen molar-refractivity contribution in [3.63, 3.8) is 0 Å². The number of rotatable bonds is 0. The van der Waals surface area contributed by atoms with Gasteiger partial charge in [-0.1, -0.05) is 0 Å². The van der Waals surface area contributed by atoms with E-state index in [1.807, 2.05) is 0 Å². The summed E-state index contributed by atoms with van der Waals surface area (Å²) in [7, 11) is -0.611. The van der Waals surface area contributed by atoms with Gasteiger partial charge >= 0.3 is 0 Å². The first-order valence-corrected chi connectivity index (χ1v) is 3.63. The van der Waals surface area contributed by atoms with Crippen LogP contribution in [0.5, 0.6) is 0 Å². The van der Waals surface area contributed by atoms with Crippen molar-refractivity contribution < 1.29 is 0 Å². The van der Waals surface area contributed by atoms with Gasteiger partial charge in [-0.15, -0.1) is 0 Å². The standard InChI is InChI=1S/B.ClH4NSi/c;1-3-2/h;2-3H2. The molecule has 2 N–H and O–H groups in total. The molecule has 0 amide bonds. The fraction of sp³-hybridized carbons (Fsp3) is 0. The van der Waals surface area contributed by atoms with Gasteiger partial charge in [0, 0.05) is 8.41 Å². The van der Waals surface area contributed by atoms with Crippen molar-refractivity contribution in [2.75, 3.05) is 0 Å². The van der Waals surface area contributed by atoms with E-state index in [0.717, 1.165) is 0 Å². The summed E-state index contributed by atoms with van der Waals surface area (Å²) in [6, 6.07) is 0. The molecule has 0 aliphatic rings. The molecule has 0 aliphatic heterocycles. The summed E-state index contributed by atoms with van der Waals surface area (Å²) < 4.78 is 0. The topological polar surface area (TPSA) is 26.0 Å². The Morgan fingerprint density at radius 2 is 1.75 bits per heavy atom. The highest BCUT2D eigenvalue weighted by Gasteiger charge is 1.41. The maximum Gasteiger partial charge on any atom is 0.192 e. The number of halogens is 1. The van der Waals surface area contributed by atoms with Crippen molar-refractivity contribution in [1.29, 1.82) is 0 Å². The lowest BCUT2D eigenvalue weighted by Crippen LogP contribution is -1.90. The SMILES string of the molecule is N[SiH2]Cl.[B]. The molecule has 0 aromatic heterocycles. The summed E-state index contributed by atoms with van der Waals surface area (Å²) in [6.07, 6.45) is 0. The molecule has 0 aromatic rings. The summed E-state index contributed by atoms with van der Waals surface area (Å²) in [5.74, 6) is 0. The zero-order valence-electron chi connectivity index (χ0n) is 2.24. The van der Waals surface area contributed by atoms with Gasteiger partial charge in [-0.3, -0.25) is 0 Å². The molecule has 0 fully saturated rings. The summed E-state index contributed by atoms with van der Waals surface area (Å²) >= 11 is 4.92. The van der Waals surface area contributed by atoms with Gasteiger partial charge in [0.05, 0.1) is 0 Å². The summed E-state index contributed by atoms with van der Waals surface area (Å²) in [6.45, 7) is 0. The second-order valence-electron chi connectivity index (χ2n) is 0.154. The minimum absolute atomic E-state index is 0. The third-order valence-electron chi connectivity index (χ3n) is 0. The van der Waals surface area contributed by atoms with Gasteiger partial charge in [0.1, 0.15) is 0 Å². The Morgan fingerprint density at radius 3 is 1.75 bits per heavy atom. The molecule has 0 atom stereocenters. The molecular weight excluding hydrogens is 88.4 g/mol. The summed E-state index contributed by atoms with van der Waals surface area (Å²) in [4.78, 5) is 0. The predicted octanol–water partition coefficient (Wildman–Crippen LogP) is -1.20. The van der Waals surface area contributed by atoms with Gasteiger partial charge in [-0.25, -0.2) is 0 Å². The zero-order valence-corrected chi connectivity index (χ0v) is 4.41. The van der Waals surface area contributed by atoms with Crippen LogP contribution in [0.4, 0.5) is 0 Å². The van der Waals surface area contributed by atoms with Gasteiger partial charge in [0.25, 0.3) is 0 Å². The number of hydrogen-bond acceptors (Lipinski definition) is 1. The third-order valence-corrected chi connectivity index (χ3v) is 0. The Labute approximate surface area is 34.7 Å². The van der Waals surface area contributed by atoms with Crippen LogP contribution < -0.4 is 5.40 Å². The van der Waals surface area contributed by atoms with Gasteiger partial charge < -0.3 is 5.40 Å². The van der Waals surface area contributed by atoms with Crippen molar-refractivity contribution in [2.45, 2.75) is 0 Å². The van der Waals surface area contributed by atoms with Crippen LogP contribution >= 0.6 is 11.1 Å². The van der Waals surface area contributed by atoms with E-state index in [4.69, 9.17) is 16.5 Å². The summed E-state index contributed by atoms with van der Waals surface area (Å²) in [5, 5.41) is 4.75. The number of nitrogens with two attached hydrogens (primary N) is 1. The average molecular weight is 92.4 g/mol. The van der Waals surface area contributed by atoms with Crippen LogP contribution in [-0.4, -0.2) is 17.4 Å². The second kappa shape index (κ2) is 9.65. The molecule has 0 saturated heterocycles. The normalized spacial score (nSPS) is 7.50. The largest absolute Gasteiger partial charge is 0.344 e. The van der Waals surface area contributed by atoms with Crippen LogP contribution in [0.3, 0.4) is 0 Å². The molecule has 23 valence electrons. The highest BCUT2D eigenvalue weighted by atomic mass is 35.6. The van der Waals surface area contributed by atoms with Crippen LogP contribution in [-0.2, 0) is 0 Å². The van der Waals surface area contributed by atoms with E-state index in [9.17, 15) is 0 Å². The quantitative estimate of drug-likeness (QED) is 0.295. The van der Waals surface area contributed by atoms with Gasteiger partial charge in [0.15, 0.2) is 8.99 Å². The highest BCUT2D eigenvalue weighted by molar-refractivity contribution is 6.91. The van der Waals surface area contributed by atoms with Crippen LogP contribution in [0.25, 0.3) is 0 Å². The van der Waals surface area contributed by atoms with E-state index in [0.29, 0.717) is 0 Å². The van der Waals surface area contributed by atoms with Crippen LogP contribution in [0.15, 0.2) is 0 Å². The Hall–Kier alpha value is 0.532. The van der Waals surface area contributed by atoms with Crippen molar-refractivity contribution >= 4 is 28.5 Å². The second-order valence-corrected chi connectivity index (χ2v) is 1.39. The van der Waals surface area contributed by atoms with Gasteiger partial charge in [0.2, 0.25) is 0 Å². The molecule has 0 aliphatic carbocycles. The van der Waals surface area contributed by atoms with Gasteiger partial charge in [-0.05, 0) is 0 Å². The molecule has 0 bridgehead atoms. The molecule has 0 spiro atoms. The fourth-order valence-electron chi connectivity index (χ4n) is 0. The van der Waals surface area contributed by atoms with E-state index in [2.05, 4.69) is 0 Å². The van der Waals surface area contributed by atoms with E-state index >= 15 is 0 Å². The Balaban J connectivity index is 0. The first-order valence-electron chi connectivity index (χ1n) is 0.676. The van der Waals surface area contributed by atoms with Crippen molar-refractivity contribution in [2.24, 2.45) is 5.40 Å². The Kier molecular flexibility index (Phi) is 21.3. The predicted molar refractivity (Wildman–Crippen MR) is 24.3 cm³/mol. The smallest absolute Gasteiger partial charge is 0.192 e. The number of hydrogen-bond donors (Lipinski definition) is 1. The van der Waals surface area contributed by atoms with Crippen molar-refractivity contribution in [3.8, 4) is 0 Å². The fourth-order valence-corrected chi connectivity index (χ4v) is 0.